The lowest BCUT2D eigenvalue weighted by atomic mass is 10.1. The summed E-state index contributed by atoms with van der Waals surface area (Å²) in [6.45, 7) is 2.72. The molecule has 0 atom stereocenters. The summed E-state index contributed by atoms with van der Waals surface area (Å²) in [5, 5.41) is 13.8. The molecule has 0 aliphatic carbocycles. The van der Waals surface area contributed by atoms with Crippen molar-refractivity contribution in [2.75, 3.05) is 13.6 Å². The molecule has 4 heteroatoms. The topological polar surface area (TPSA) is 55.2 Å². The highest BCUT2D eigenvalue weighted by Gasteiger charge is 2.10. The average Bonchev–Trinajstić information content (AvgIpc) is 2.26. The second kappa shape index (κ2) is 6.02. The first-order chi connectivity index (χ1) is 7.65. The van der Waals surface area contributed by atoms with E-state index in [0.717, 1.165) is 18.5 Å². The minimum absolute atomic E-state index is 0.167. The Morgan fingerprint density at radius 2 is 2.25 bits per heavy atom. The van der Waals surface area contributed by atoms with E-state index >= 15 is 0 Å². The summed E-state index contributed by atoms with van der Waals surface area (Å²) in [5.74, 6) is 0. The van der Waals surface area contributed by atoms with Gasteiger partial charge in [0.25, 0.3) is 5.69 Å². The van der Waals surface area contributed by atoms with Crippen LogP contribution in [0.15, 0.2) is 24.3 Å². The minimum atomic E-state index is -0.343. The normalized spacial score (nSPS) is 10.9. The molecule has 0 radical (unpaired) electrons. The third-order valence-corrected chi connectivity index (χ3v) is 2.24. The Kier molecular flexibility index (Phi) is 4.66. The number of benzene rings is 1. The predicted molar refractivity (Wildman–Crippen MR) is 65.4 cm³/mol. The second-order valence-corrected chi connectivity index (χ2v) is 3.61. The van der Waals surface area contributed by atoms with Crippen LogP contribution in [0.3, 0.4) is 0 Å². The molecule has 1 rings (SSSR count). The minimum Gasteiger partial charge on any atom is -0.319 e. The van der Waals surface area contributed by atoms with E-state index in [1.807, 2.05) is 26.1 Å². The maximum absolute atomic E-state index is 10.8. The third-order valence-electron chi connectivity index (χ3n) is 2.24. The molecule has 0 unspecified atom stereocenters. The molecule has 0 heterocycles. The van der Waals surface area contributed by atoms with E-state index in [1.165, 1.54) is 0 Å². The number of hydrogen-bond acceptors (Lipinski definition) is 3. The quantitative estimate of drug-likeness (QED) is 0.471. The third kappa shape index (κ3) is 3.47. The standard InChI is InChI=1S/C12H16N2O2/c1-10-6-7-11(5-3-4-8-13-2)12(9-10)14(15)16/h3,5-7,9,13H,4,8H2,1-2H3. The molecular weight excluding hydrogens is 204 g/mol. The lowest BCUT2D eigenvalue weighted by molar-refractivity contribution is -0.385. The molecule has 0 saturated carbocycles. The molecule has 16 heavy (non-hydrogen) atoms. The fourth-order valence-corrected chi connectivity index (χ4v) is 1.39. The van der Waals surface area contributed by atoms with E-state index in [2.05, 4.69) is 5.32 Å². The molecule has 1 aromatic carbocycles. The summed E-state index contributed by atoms with van der Waals surface area (Å²) in [4.78, 5) is 10.5. The van der Waals surface area contributed by atoms with Gasteiger partial charge in [0, 0.05) is 6.07 Å². The van der Waals surface area contributed by atoms with Crippen molar-refractivity contribution >= 4 is 11.8 Å². The van der Waals surface area contributed by atoms with Crippen LogP contribution in [0.25, 0.3) is 6.08 Å². The zero-order chi connectivity index (χ0) is 12.0. The van der Waals surface area contributed by atoms with Gasteiger partial charge < -0.3 is 5.32 Å². The van der Waals surface area contributed by atoms with Gasteiger partial charge in [-0.15, -0.1) is 0 Å². The predicted octanol–water partition coefficient (Wildman–Crippen LogP) is 2.53. The first-order valence-electron chi connectivity index (χ1n) is 5.21. The van der Waals surface area contributed by atoms with Gasteiger partial charge in [-0.3, -0.25) is 10.1 Å². The van der Waals surface area contributed by atoms with Crippen LogP contribution in [0, 0.1) is 17.0 Å². The van der Waals surface area contributed by atoms with E-state index in [1.54, 1.807) is 18.2 Å². The number of nitro benzene ring substituents is 1. The van der Waals surface area contributed by atoms with Crippen LogP contribution in [0.1, 0.15) is 17.5 Å². The summed E-state index contributed by atoms with van der Waals surface area (Å²) in [7, 11) is 1.88. The number of rotatable bonds is 5. The van der Waals surface area contributed by atoms with Gasteiger partial charge >= 0.3 is 0 Å². The summed E-state index contributed by atoms with van der Waals surface area (Å²) in [5.41, 5.74) is 1.73. The lowest BCUT2D eigenvalue weighted by Gasteiger charge is -1.99. The van der Waals surface area contributed by atoms with Gasteiger partial charge in [-0.1, -0.05) is 18.2 Å². The Morgan fingerprint density at radius 3 is 2.88 bits per heavy atom. The molecule has 0 fully saturated rings. The van der Waals surface area contributed by atoms with Gasteiger partial charge in [-0.05, 0) is 38.6 Å². The largest absolute Gasteiger partial charge is 0.319 e. The molecule has 86 valence electrons. The average molecular weight is 220 g/mol. The number of aryl methyl sites for hydroxylation is 1. The van der Waals surface area contributed by atoms with Crippen molar-refractivity contribution in [1.82, 2.24) is 5.32 Å². The first kappa shape index (κ1) is 12.4. The van der Waals surface area contributed by atoms with Crippen molar-refractivity contribution in [2.24, 2.45) is 0 Å². The summed E-state index contributed by atoms with van der Waals surface area (Å²) >= 11 is 0. The first-order valence-corrected chi connectivity index (χ1v) is 5.21. The van der Waals surface area contributed by atoms with Crippen molar-refractivity contribution in [2.45, 2.75) is 13.3 Å². The fraction of sp³-hybridized carbons (Fsp3) is 0.333. The Balaban J connectivity index is 2.86. The van der Waals surface area contributed by atoms with Gasteiger partial charge in [0.2, 0.25) is 0 Å². The van der Waals surface area contributed by atoms with Crippen molar-refractivity contribution < 1.29 is 4.92 Å². The Morgan fingerprint density at radius 1 is 1.50 bits per heavy atom. The molecule has 0 amide bonds. The van der Waals surface area contributed by atoms with E-state index in [0.29, 0.717) is 5.56 Å². The van der Waals surface area contributed by atoms with Crippen LogP contribution in [-0.2, 0) is 0 Å². The fourth-order valence-electron chi connectivity index (χ4n) is 1.39. The smallest absolute Gasteiger partial charge is 0.276 e. The Labute approximate surface area is 95.1 Å². The molecule has 0 bridgehead atoms. The van der Waals surface area contributed by atoms with E-state index in [-0.39, 0.29) is 10.6 Å². The summed E-state index contributed by atoms with van der Waals surface area (Å²) < 4.78 is 0. The van der Waals surface area contributed by atoms with Gasteiger partial charge in [-0.2, -0.15) is 0 Å². The monoisotopic (exact) mass is 220 g/mol. The molecule has 0 aromatic heterocycles. The van der Waals surface area contributed by atoms with Crippen LogP contribution in [0.4, 0.5) is 5.69 Å². The van der Waals surface area contributed by atoms with Gasteiger partial charge in [0.1, 0.15) is 0 Å². The van der Waals surface area contributed by atoms with Gasteiger partial charge in [0.05, 0.1) is 10.5 Å². The summed E-state index contributed by atoms with van der Waals surface area (Å²) in [6, 6.07) is 5.26. The Hall–Kier alpha value is -1.68. The molecule has 0 aliphatic rings. The van der Waals surface area contributed by atoms with Crippen molar-refractivity contribution in [3.05, 3.63) is 45.5 Å². The molecular formula is C12H16N2O2. The van der Waals surface area contributed by atoms with E-state index in [9.17, 15) is 10.1 Å². The molecule has 0 aliphatic heterocycles. The van der Waals surface area contributed by atoms with Crippen molar-refractivity contribution in [3.63, 3.8) is 0 Å². The number of nitrogens with one attached hydrogen (secondary N) is 1. The van der Waals surface area contributed by atoms with Crippen LogP contribution in [-0.4, -0.2) is 18.5 Å². The van der Waals surface area contributed by atoms with Crippen LogP contribution < -0.4 is 5.32 Å². The highest BCUT2D eigenvalue weighted by atomic mass is 16.6. The Bertz CT molecular complexity index is 400. The molecule has 0 spiro atoms. The maximum atomic E-state index is 10.8. The molecule has 0 saturated heterocycles. The lowest BCUT2D eigenvalue weighted by Crippen LogP contribution is -2.05. The van der Waals surface area contributed by atoms with E-state index < -0.39 is 0 Å². The zero-order valence-corrected chi connectivity index (χ0v) is 9.56. The maximum Gasteiger partial charge on any atom is 0.276 e. The van der Waals surface area contributed by atoms with Crippen LogP contribution in [0.2, 0.25) is 0 Å². The molecule has 4 nitrogen and oxygen atoms in total. The van der Waals surface area contributed by atoms with Crippen LogP contribution >= 0.6 is 0 Å². The van der Waals surface area contributed by atoms with Gasteiger partial charge in [0.15, 0.2) is 0 Å². The number of nitrogens with zero attached hydrogens (tertiary/aromatic N) is 1. The van der Waals surface area contributed by atoms with E-state index in [4.69, 9.17) is 0 Å². The number of nitro groups is 1. The van der Waals surface area contributed by atoms with Gasteiger partial charge in [-0.25, -0.2) is 0 Å². The number of hydrogen-bond donors (Lipinski definition) is 1. The SMILES string of the molecule is CNCCC=Cc1ccc(C)cc1[N+](=O)[O-]. The van der Waals surface area contributed by atoms with Crippen LogP contribution in [0.5, 0.6) is 0 Å². The second-order valence-electron chi connectivity index (χ2n) is 3.61. The molecule has 1 N–H and O–H groups in total. The van der Waals surface area contributed by atoms with Crippen molar-refractivity contribution in [3.8, 4) is 0 Å². The summed E-state index contributed by atoms with van der Waals surface area (Å²) in [6.07, 6.45) is 4.60. The highest BCUT2D eigenvalue weighted by molar-refractivity contribution is 5.61. The zero-order valence-electron chi connectivity index (χ0n) is 9.56. The highest BCUT2D eigenvalue weighted by Crippen LogP contribution is 2.21. The molecule has 1 aromatic rings. The van der Waals surface area contributed by atoms with Crippen molar-refractivity contribution in [1.29, 1.82) is 0 Å².